The SMILES string of the molecule is OCC(CO)(CO)NC1CCOC2(CCCCC2)C1. The summed E-state index contributed by atoms with van der Waals surface area (Å²) in [5, 5.41) is 31.4. The van der Waals surface area contributed by atoms with Crippen molar-refractivity contribution < 1.29 is 20.1 Å². The molecule has 0 amide bonds. The average Bonchev–Trinajstić information content (AvgIpc) is 2.46. The Balaban J connectivity index is 1.97. The maximum Gasteiger partial charge on any atom is 0.0883 e. The summed E-state index contributed by atoms with van der Waals surface area (Å²) in [7, 11) is 0. The van der Waals surface area contributed by atoms with Gasteiger partial charge in [-0.3, -0.25) is 0 Å². The van der Waals surface area contributed by atoms with Crippen LogP contribution in [0.2, 0.25) is 0 Å². The number of ether oxygens (including phenoxy) is 1. The molecule has 0 aromatic rings. The largest absolute Gasteiger partial charge is 0.394 e. The first-order valence-electron chi connectivity index (χ1n) is 7.42. The number of hydrogen-bond acceptors (Lipinski definition) is 5. The van der Waals surface area contributed by atoms with Gasteiger partial charge in [0.05, 0.1) is 31.0 Å². The van der Waals surface area contributed by atoms with Crippen molar-refractivity contribution in [2.24, 2.45) is 0 Å². The molecule has 19 heavy (non-hydrogen) atoms. The summed E-state index contributed by atoms with van der Waals surface area (Å²) in [5.74, 6) is 0. The minimum absolute atomic E-state index is 0.0136. The fraction of sp³-hybridized carbons (Fsp3) is 1.00. The van der Waals surface area contributed by atoms with Crippen LogP contribution in [0.4, 0.5) is 0 Å². The summed E-state index contributed by atoms with van der Waals surface area (Å²) >= 11 is 0. The lowest BCUT2D eigenvalue weighted by Gasteiger charge is -2.46. The molecule has 2 rings (SSSR count). The van der Waals surface area contributed by atoms with Gasteiger partial charge >= 0.3 is 0 Å². The van der Waals surface area contributed by atoms with Gasteiger partial charge in [0.1, 0.15) is 0 Å². The van der Waals surface area contributed by atoms with E-state index in [1.165, 1.54) is 19.3 Å². The van der Waals surface area contributed by atoms with E-state index in [0.29, 0.717) is 0 Å². The highest BCUT2D eigenvalue weighted by molar-refractivity contribution is 4.96. The van der Waals surface area contributed by atoms with Crippen molar-refractivity contribution in [3.8, 4) is 0 Å². The van der Waals surface area contributed by atoms with Gasteiger partial charge in [-0.25, -0.2) is 0 Å². The zero-order valence-electron chi connectivity index (χ0n) is 11.6. The first kappa shape index (κ1) is 15.2. The van der Waals surface area contributed by atoms with E-state index in [9.17, 15) is 15.3 Å². The van der Waals surface area contributed by atoms with E-state index in [2.05, 4.69) is 5.32 Å². The molecule has 1 saturated carbocycles. The van der Waals surface area contributed by atoms with Crippen molar-refractivity contribution in [3.63, 3.8) is 0 Å². The van der Waals surface area contributed by atoms with Gasteiger partial charge < -0.3 is 25.4 Å². The van der Waals surface area contributed by atoms with Crippen LogP contribution in [0.25, 0.3) is 0 Å². The van der Waals surface area contributed by atoms with Crippen molar-refractivity contribution in [1.29, 1.82) is 0 Å². The van der Waals surface area contributed by atoms with Crippen LogP contribution in [-0.4, -0.2) is 58.9 Å². The standard InChI is InChI=1S/C14H27NO4/c16-9-13(10-17,11-18)15-12-4-7-19-14(8-12)5-2-1-3-6-14/h12,15-18H,1-11H2. The highest BCUT2D eigenvalue weighted by Crippen LogP contribution is 2.38. The van der Waals surface area contributed by atoms with Crippen LogP contribution in [-0.2, 0) is 4.74 Å². The third-order valence-corrected chi connectivity index (χ3v) is 4.68. The van der Waals surface area contributed by atoms with Crippen molar-refractivity contribution in [1.82, 2.24) is 5.32 Å². The third-order valence-electron chi connectivity index (χ3n) is 4.68. The lowest BCUT2D eigenvalue weighted by atomic mass is 9.78. The summed E-state index contributed by atoms with van der Waals surface area (Å²) in [6.07, 6.45) is 7.72. The Morgan fingerprint density at radius 3 is 2.26 bits per heavy atom. The summed E-state index contributed by atoms with van der Waals surface area (Å²) in [4.78, 5) is 0. The van der Waals surface area contributed by atoms with Crippen LogP contribution in [0.15, 0.2) is 0 Å². The summed E-state index contributed by atoms with van der Waals surface area (Å²) in [6, 6.07) is 0.193. The number of aliphatic hydroxyl groups is 3. The molecule has 4 N–H and O–H groups in total. The molecule has 1 aliphatic heterocycles. The van der Waals surface area contributed by atoms with Gasteiger partial charge in [-0.2, -0.15) is 0 Å². The smallest absolute Gasteiger partial charge is 0.0883 e. The van der Waals surface area contributed by atoms with Crippen LogP contribution in [0.3, 0.4) is 0 Å². The van der Waals surface area contributed by atoms with Crippen LogP contribution >= 0.6 is 0 Å². The molecule has 2 fully saturated rings. The Kier molecular flexibility index (Phi) is 5.20. The molecule has 1 spiro atoms. The van der Waals surface area contributed by atoms with Gasteiger partial charge in [0, 0.05) is 12.6 Å². The predicted octanol–water partition coefficient (Wildman–Crippen LogP) is 0.174. The van der Waals surface area contributed by atoms with Crippen molar-refractivity contribution in [2.75, 3.05) is 26.4 Å². The Bertz CT molecular complexity index is 261. The third kappa shape index (κ3) is 3.47. The van der Waals surface area contributed by atoms with Crippen LogP contribution < -0.4 is 5.32 Å². The molecule has 5 nitrogen and oxygen atoms in total. The first-order valence-corrected chi connectivity index (χ1v) is 7.42. The monoisotopic (exact) mass is 273 g/mol. The van der Waals surface area contributed by atoms with E-state index in [4.69, 9.17) is 4.74 Å². The molecule has 1 aliphatic carbocycles. The topological polar surface area (TPSA) is 82.0 Å². The average molecular weight is 273 g/mol. The molecular formula is C14H27NO4. The molecule has 1 unspecified atom stereocenters. The summed E-state index contributed by atoms with van der Waals surface area (Å²) in [5.41, 5.74) is -0.988. The fourth-order valence-corrected chi connectivity index (χ4v) is 3.42. The second-order valence-corrected chi connectivity index (χ2v) is 6.18. The predicted molar refractivity (Wildman–Crippen MR) is 71.9 cm³/mol. The van der Waals surface area contributed by atoms with Crippen LogP contribution in [0.5, 0.6) is 0 Å². The lowest BCUT2D eigenvalue weighted by molar-refractivity contribution is -0.115. The van der Waals surface area contributed by atoms with Gasteiger partial charge in [0.15, 0.2) is 0 Å². The maximum absolute atomic E-state index is 9.40. The minimum atomic E-state index is -0.974. The molecule has 1 saturated heterocycles. The Morgan fingerprint density at radius 2 is 1.68 bits per heavy atom. The lowest BCUT2D eigenvalue weighted by Crippen LogP contribution is -2.61. The van der Waals surface area contributed by atoms with Gasteiger partial charge in [-0.05, 0) is 25.7 Å². The van der Waals surface area contributed by atoms with Gasteiger partial charge in [-0.15, -0.1) is 0 Å². The highest BCUT2D eigenvalue weighted by atomic mass is 16.5. The fourth-order valence-electron chi connectivity index (χ4n) is 3.42. The zero-order chi connectivity index (χ0) is 13.8. The molecule has 1 atom stereocenters. The van der Waals surface area contributed by atoms with Crippen molar-refractivity contribution in [3.05, 3.63) is 0 Å². The maximum atomic E-state index is 9.40. The highest BCUT2D eigenvalue weighted by Gasteiger charge is 2.41. The normalized spacial score (nSPS) is 27.6. The van der Waals surface area contributed by atoms with Gasteiger partial charge in [0.25, 0.3) is 0 Å². The second-order valence-electron chi connectivity index (χ2n) is 6.18. The molecule has 5 heteroatoms. The number of hydrogen-bond donors (Lipinski definition) is 4. The molecule has 2 aliphatic rings. The first-order chi connectivity index (χ1) is 9.17. The Hall–Kier alpha value is -0.200. The number of nitrogens with one attached hydrogen (secondary N) is 1. The van der Waals surface area contributed by atoms with Crippen molar-refractivity contribution >= 4 is 0 Å². The van der Waals surface area contributed by atoms with E-state index in [-0.39, 0.29) is 31.5 Å². The minimum Gasteiger partial charge on any atom is -0.394 e. The molecular weight excluding hydrogens is 246 g/mol. The van der Waals surface area contributed by atoms with Gasteiger partial charge in [-0.1, -0.05) is 19.3 Å². The van der Waals surface area contributed by atoms with E-state index in [0.717, 1.165) is 32.3 Å². The summed E-state index contributed by atoms with van der Waals surface area (Å²) < 4.78 is 6.02. The number of rotatable bonds is 5. The second kappa shape index (κ2) is 6.50. The van der Waals surface area contributed by atoms with E-state index < -0.39 is 5.54 Å². The summed E-state index contributed by atoms with van der Waals surface area (Å²) in [6.45, 7) is -0.0604. The van der Waals surface area contributed by atoms with Crippen molar-refractivity contribution in [2.45, 2.75) is 62.1 Å². The van der Waals surface area contributed by atoms with Crippen LogP contribution in [0.1, 0.15) is 44.9 Å². The van der Waals surface area contributed by atoms with E-state index in [1.54, 1.807) is 0 Å². The Morgan fingerprint density at radius 1 is 1.05 bits per heavy atom. The quantitative estimate of drug-likeness (QED) is 0.574. The molecule has 1 heterocycles. The van der Waals surface area contributed by atoms with Gasteiger partial charge in [0.2, 0.25) is 0 Å². The molecule has 112 valence electrons. The number of aliphatic hydroxyl groups excluding tert-OH is 3. The zero-order valence-corrected chi connectivity index (χ0v) is 11.6. The molecule has 0 bridgehead atoms. The van der Waals surface area contributed by atoms with E-state index >= 15 is 0 Å². The molecule has 0 aromatic heterocycles. The van der Waals surface area contributed by atoms with Crippen LogP contribution in [0, 0.1) is 0 Å². The molecule has 0 aromatic carbocycles. The Labute approximate surface area is 115 Å². The van der Waals surface area contributed by atoms with E-state index in [1.807, 2.05) is 0 Å². The molecule has 0 radical (unpaired) electrons.